The highest BCUT2D eigenvalue weighted by Gasteiger charge is 2.08. The van der Waals surface area contributed by atoms with E-state index < -0.39 is 0 Å². The first-order valence-electron chi connectivity index (χ1n) is 7.17. The topological polar surface area (TPSA) is 58.2 Å². The van der Waals surface area contributed by atoms with Crippen LogP contribution in [-0.2, 0) is 9.59 Å². The molecule has 2 N–H and O–H groups in total. The molecule has 0 heterocycles. The lowest BCUT2D eigenvalue weighted by molar-refractivity contribution is -0.124. The molecule has 1 rings (SSSR count). The van der Waals surface area contributed by atoms with Crippen LogP contribution < -0.4 is 10.6 Å². The lowest BCUT2D eigenvalue weighted by atomic mass is 10.1. The van der Waals surface area contributed by atoms with Crippen molar-refractivity contribution in [1.82, 2.24) is 5.32 Å². The van der Waals surface area contributed by atoms with Crippen molar-refractivity contribution < 1.29 is 9.59 Å². The smallest absolute Gasteiger partial charge is 0.243 e. The van der Waals surface area contributed by atoms with Crippen molar-refractivity contribution in [2.45, 2.75) is 46.5 Å². The summed E-state index contributed by atoms with van der Waals surface area (Å²) in [6.45, 7) is 6.02. The Labute approximate surface area is 121 Å². The van der Waals surface area contributed by atoms with Gasteiger partial charge in [-0.2, -0.15) is 0 Å². The number of para-hydroxylation sites is 1. The number of amides is 2. The van der Waals surface area contributed by atoms with Gasteiger partial charge in [-0.3, -0.25) is 9.59 Å². The van der Waals surface area contributed by atoms with Crippen molar-refractivity contribution in [3.05, 3.63) is 29.3 Å². The number of carbonyl (C=O) groups excluding carboxylic acids is 2. The molecule has 0 spiro atoms. The Morgan fingerprint density at radius 1 is 1.05 bits per heavy atom. The minimum Gasteiger partial charge on any atom is -0.347 e. The summed E-state index contributed by atoms with van der Waals surface area (Å²) in [5.74, 6) is -0.249. The molecular formula is C16H24N2O2. The van der Waals surface area contributed by atoms with Gasteiger partial charge in [0.25, 0.3) is 0 Å². The number of aryl methyl sites for hydroxylation is 2. The summed E-state index contributed by atoms with van der Waals surface area (Å²) in [5.41, 5.74) is 2.87. The van der Waals surface area contributed by atoms with Crippen molar-refractivity contribution in [2.75, 3.05) is 11.9 Å². The molecule has 0 aliphatic rings. The van der Waals surface area contributed by atoms with Crippen molar-refractivity contribution in [1.29, 1.82) is 0 Å². The normalized spacial score (nSPS) is 10.2. The number of anilines is 1. The van der Waals surface area contributed by atoms with Crippen LogP contribution in [0.15, 0.2) is 18.2 Å². The Hall–Kier alpha value is -1.84. The highest BCUT2D eigenvalue weighted by Crippen LogP contribution is 2.18. The van der Waals surface area contributed by atoms with Gasteiger partial charge >= 0.3 is 0 Å². The molecule has 2 amide bonds. The zero-order chi connectivity index (χ0) is 15.0. The Bertz CT molecular complexity index is 449. The van der Waals surface area contributed by atoms with Gasteiger partial charge in [0.2, 0.25) is 11.8 Å². The number of benzene rings is 1. The maximum Gasteiger partial charge on any atom is 0.243 e. The third kappa shape index (κ3) is 5.43. The molecule has 1 aromatic carbocycles. The average Bonchev–Trinajstić information content (AvgIpc) is 2.41. The van der Waals surface area contributed by atoms with Crippen LogP contribution >= 0.6 is 0 Å². The molecule has 1 aromatic rings. The Morgan fingerprint density at radius 2 is 1.70 bits per heavy atom. The van der Waals surface area contributed by atoms with Crippen LogP contribution in [0.4, 0.5) is 5.69 Å². The van der Waals surface area contributed by atoms with E-state index in [0.717, 1.165) is 36.1 Å². The van der Waals surface area contributed by atoms with E-state index in [1.165, 1.54) is 0 Å². The van der Waals surface area contributed by atoms with Crippen LogP contribution in [0.2, 0.25) is 0 Å². The zero-order valence-electron chi connectivity index (χ0n) is 12.6. The molecule has 0 saturated heterocycles. The van der Waals surface area contributed by atoms with Gasteiger partial charge in [-0.15, -0.1) is 0 Å². The molecular weight excluding hydrogens is 252 g/mol. The second kappa shape index (κ2) is 8.35. The van der Waals surface area contributed by atoms with Crippen LogP contribution in [0.5, 0.6) is 0 Å². The van der Waals surface area contributed by atoms with E-state index in [2.05, 4.69) is 17.6 Å². The van der Waals surface area contributed by atoms with Crippen LogP contribution in [0, 0.1) is 13.8 Å². The van der Waals surface area contributed by atoms with Gasteiger partial charge in [-0.25, -0.2) is 0 Å². The second-order valence-corrected chi connectivity index (χ2v) is 5.05. The predicted molar refractivity (Wildman–Crippen MR) is 81.7 cm³/mol. The molecule has 0 aliphatic carbocycles. The fraction of sp³-hybridized carbons (Fsp3) is 0.500. The quantitative estimate of drug-likeness (QED) is 0.752. The first-order valence-corrected chi connectivity index (χ1v) is 7.17. The maximum absolute atomic E-state index is 11.8. The van der Waals surface area contributed by atoms with E-state index >= 15 is 0 Å². The lowest BCUT2D eigenvalue weighted by Crippen LogP contribution is -2.33. The van der Waals surface area contributed by atoms with Gasteiger partial charge in [-0.05, 0) is 31.4 Å². The fourth-order valence-electron chi connectivity index (χ4n) is 2.00. The Morgan fingerprint density at radius 3 is 2.30 bits per heavy atom. The van der Waals surface area contributed by atoms with E-state index in [0.29, 0.717) is 6.42 Å². The van der Waals surface area contributed by atoms with Crippen molar-refractivity contribution in [3.8, 4) is 0 Å². The summed E-state index contributed by atoms with van der Waals surface area (Å²) in [4.78, 5) is 23.3. The summed E-state index contributed by atoms with van der Waals surface area (Å²) < 4.78 is 0. The summed E-state index contributed by atoms with van der Waals surface area (Å²) in [5, 5.41) is 5.50. The standard InChI is InChI=1S/C16H24N2O2/c1-4-5-6-10-14(19)17-11-15(20)18-16-12(2)8-7-9-13(16)3/h7-9H,4-6,10-11H2,1-3H3,(H,17,19)(H,18,20). The molecule has 0 bridgehead atoms. The van der Waals surface area contributed by atoms with Crippen LogP contribution in [-0.4, -0.2) is 18.4 Å². The van der Waals surface area contributed by atoms with E-state index in [1.54, 1.807) is 0 Å². The van der Waals surface area contributed by atoms with Crippen LogP contribution in [0.25, 0.3) is 0 Å². The number of hydrogen-bond donors (Lipinski definition) is 2. The van der Waals surface area contributed by atoms with Gasteiger partial charge in [0.1, 0.15) is 0 Å². The monoisotopic (exact) mass is 276 g/mol. The number of nitrogens with one attached hydrogen (secondary N) is 2. The summed E-state index contributed by atoms with van der Waals surface area (Å²) in [6, 6.07) is 5.85. The molecule has 0 fully saturated rings. The molecule has 0 atom stereocenters. The first kappa shape index (κ1) is 16.2. The molecule has 0 unspecified atom stereocenters. The predicted octanol–water partition coefficient (Wildman–Crippen LogP) is 2.94. The molecule has 4 heteroatoms. The second-order valence-electron chi connectivity index (χ2n) is 5.05. The zero-order valence-corrected chi connectivity index (χ0v) is 12.6. The van der Waals surface area contributed by atoms with Crippen molar-refractivity contribution in [3.63, 3.8) is 0 Å². The molecule has 110 valence electrons. The highest BCUT2D eigenvalue weighted by molar-refractivity contribution is 5.95. The summed E-state index contributed by atoms with van der Waals surface area (Å²) in [7, 11) is 0. The SMILES string of the molecule is CCCCCC(=O)NCC(=O)Nc1c(C)cccc1C. The van der Waals surface area contributed by atoms with E-state index in [4.69, 9.17) is 0 Å². The Kier molecular flexibility index (Phi) is 6.77. The van der Waals surface area contributed by atoms with E-state index in [-0.39, 0.29) is 18.4 Å². The minimum absolute atomic E-state index is 0.0265. The molecule has 0 saturated carbocycles. The van der Waals surface area contributed by atoms with Gasteiger partial charge in [0, 0.05) is 12.1 Å². The number of rotatable bonds is 7. The first-order chi connectivity index (χ1) is 9.54. The number of carbonyl (C=O) groups is 2. The molecule has 4 nitrogen and oxygen atoms in total. The van der Waals surface area contributed by atoms with Gasteiger partial charge < -0.3 is 10.6 Å². The highest BCUT2D eigenvalue weighted by atomic mass is 16.2. The summed E-state index contributed by atoms with van der Waals surface area (Å²) >= 11 is 0. The van der Waals surface area contributed by atoms with Gasteiger partial charge in [-0.1, -0.05) is 38.0 Å². The van der Waals surface area contributed by atoms with E-state index in [9.17, 15) is 9.59 Å². The van der Waals surface area contributed by atoms with Crippen LogP contribution in [0.1, 0.15) is 43.7 Å². The third-order valence-corrected chi connectivity index (χ3v) is 3.20. The lowest BCUT2D eigenvalue weighted by Gasteiger charge is -2.11. The summed E-state index contributed by atoms with van der Waals surface area (Å²) in [6.07, 6.45) is 3.49. The number of unbranched alkanes of at least 4 members (excludes halogenated alkanes) is 2. The molecule has 0 aromatic heterocycles. The van der Waals surface area contributed by atoms with E-state index in [1.807, 2.05) is 32.0 Å². The minimum atomic E-state index is -0.189. The van der Waals surface area contributed by atoms with Gasteiger partial charge in [0.15, 0.2) is 0 Å². The fourth-order valence-corrected chi connectivity index (χ4v) is 2.00. The molecule has 20 heavy (non-hydrogen) atoms. The maximum atomic E-state index is 11.8. The van der Waals surface area contributed by atoms with Crippen LogP contribution in [0.3, 0.4) is 0 Å². The molecule has 0 radical (unpaired) electrons. The molecule has 0 aliphatic heterocycles. The average molecular weight is 276 g/mol. The Balaban J connectivity index is 2.39. The van der Waals surface area contributed by atoms with Crippen molar-refractivity contribution >= 4 is 17.5 Å². The third-order valence-electron chi connectivity index (χ3n) is 3.20. The van der Waals surface area contributed by atoms with Crippen molar-refractivity contribution in [2.24, 2.45) is 0 Å². The van der Waals surface area contributed by atoms with Gasteiger partial charge in [0.05, 0.1) is 6.54 Å². The largest absolute Gasteiger partial charge is 0.347 e. The number of hydrogen-bond acceptors (Lipinski definition) is 2.